The average Bonchev–Trinajstić information content (AvgIpc) is 2.79. The van der Waals surface area contributed by atoms with Crippen LogP contribution in [-0.4, -0.2) is 32.5 Å². The Morgan fingerprint density at radius 3 is 2.75 bits per heavy atom. The lowest BCUT2D eigenvalue weighted by Gasteiger charge is -2.38. The maximum absolute atomic E-state index is 13.5. The van der Waals surface area contributed by atoms with Crippen molar-refractivity contribution in [3.63, 3.8) is 0 Å². The molecule has 1 heterocycles. The zero-order chi connectivity index (χ0) is 14.3. The fourth-order valence-corrected chi connectivity index (χ4v) is 2.40. The van der Waals surface area contributed by atoms with Gasteiger partial charge in [-0.3, -0.25) is 4.79 Å². The van der Waals surface area contributed by atoms with Crippen molar-refractivity contribution in [1.29, 1.82) is 0 Å². The van der Waals surface area contributed by atoms with Gasteiger partial charge in [0.2, 0.25) is 0 Å². The molecule has 1 aliphatic carbocycles. The second kappa shape index (κ2) is 4.29. The van der Waals surface area contributed by atoms with Crippen LogP contribution < -0.4 is 5.32 Å². The lowest BCUT2D eigenvalue weighted by molar-refractivity contribution is -0.148. The molecule has 3 N–H and O–H groups in total. The molecule has 6 nitrogen and oxygen atoms in total. The zero-order valence-electron chi connectivity index (χ0n) is 10.4. The van der Waals surface area contributed by atoms with Crippen molar-refractivity contribution in [3.8, 4) is 0 Å². The van der Waals surface area contributed by atoms with Crippen LogP contribution in [0.2, 0.25) is 0 Å². The molecular formula is C13H12FN3O3. The molecule has 2 aromatic rings. The third kappa shape index (κ3) is 1.82. The van der Waals surface area contributed by atoms with Gasteiger partial charge in [0.15, 0.2) is 0 Å². The monoisotopic (exact) mass is 277 g/mol. The van der Waals surface area contributed by atoms with Crippen molar-refractivity contribution in [2.75, 3.05) is 0 Å². The Balaban J connectivity index is 1.97. The minimum absolute atomic E-state index is 0.0359. The molecule has 3 rings (SSSR count). The number of hydrogen-bond donors (Lipinski definition) is 3. The van der Waals surface area contributed by atoms with E-state index in [0.29, 0.717) is 23.9 Å². The standard InChI is InChI=1S/C13H12FN3O3/c14-7-4-8(10-9(5-7)15-6-16-10)11(18)17-13(12(19)20)2-1-3-13/h4-6H,1-3H2,(H,15,16)(H,17,18)(H,19,20). The number of rotatable bonds is 3. The summed E-state index contributed by atoms with van der Waals surface area (Å²) in [6.45, 7) is 0. The minimum Gasteiger partial charge on any atom is -0.480 e. The zero-order valence-corrected chi connectivity index (χ0v) is 10.4. The van der Waals surface area contributed by atoms with Gasteiger partial charge in [0.1, 0.15) is 16.9 Å². The van der Waals surface area contributed by atoms with Gasteiger partial charge >= 0.3 is 5.97 Å². The number of aromatic amines is 1. The van der Waals surface area contributed by atoms with E-state index in [4.69, 9.17) is 0 Å². The third-order valence-corrected chi connectivity index (χ3v) is 3.70. The number of nitrogens with zero attached hydrogens (tertiary/aromatic N) is 1. The van der Waals surface area contributed by atoms with Crippen molar-refractivity contribution in [1.82, 2.24) is 15.3 Å². The van der Waals surface area contributed by atoms with Gasteiger partial charge in [-0.05, 0) is 31.4 Å². The number of halogens is 1. The van der Waals surface area contributed by atoms with Gasteiger partial charge < -0.3 is 15.4 Å². The Hall–Kier alpha value is -2.44. The summed E-state index contributed by atoms with van der Waals surface area (Å²) >= 11 is 0. The highest BCUT2D eigenvalue weighted by molar-refractivity contribution is 6.06. The van der Waals surface area contributed by atoms with Crippen LogP contribution in [0.25, 0.3) is 11.0 Å². The fraction of sp³-hybridized carbons (Fsp3) is 0.308. The number of carbonyl (C=O) groups is 2. The summed E-state index contributed by atoms with van der Waals surface area (Å²) in [6, 6.07) is 2.29. The van der Waals surface area contributed by atoms with Crippen LogP contribution in [0.4, 0.5) is 4.39 Å². The molecule has 1 fully saturated rings. The van der Waals surface area contributed by atoms with Crippen molar-refractivity contribution in [2.45, 2.75) is 24.8 Å². The topological polar surface area (TPSA) is 95.1 Å². The van der Waals surface area contributed by atoms with Gasteiger partial charge in [0.05, 0.1) is 17.4 Å². The van der Waals surface area contributed by atoms with E-state index in [2.05, 4.69) is 15.3 Å². The third-order valence-electron chi connectivity index (χ3n) is 3.70. The molecule has 0 bridgehead atoms. The lowest BCUT2D eigenvalue weighted by Crippen LogP contribution is -2.59. The van der Waals surface area contributed by atoms with Crippen LogP contribution in [0.3, 0.4) is 0 Å². The first-order valence-corrected chi connectivity index (χ1v) is 6.20. The second-order valence-electron chi connectivity index (χ2n) is 4.95. The lowest BCUT2D eigenvalue weighted by atomic mass is 9.76. The van der Waals surface area contributed by atoms with Crippen LogP contribution >= 0.6 is 0 Å². The molecule has 1 aliphatic rings. The number of hydrogen-bond acceptors (Lipinski definition) is 3. The fourth-order valence-electron chi connectivity index (χ4n) is 2.40. The quantitative estimate of drug-likeness (QED) is 0.791. The van der Waals surface area contributed by atoms with E-state index < -0.39 is 23.2 Å². The first kappa shape index (κ1) is 12.6. The molecule has 1 saturated carbocycles. The van der Waals surface area contributed by atoms with Crippen molar-refractivity contribution in [2.24, 2.45) is 0 Å². The Bertz CT molecular complexity index is 706. The highest BCUT2D eigenvalue weighted by Crippen LogP contribution is 2.32. The smallest absolute Gasteiger partial charge is 0.329 e. The molecule has 0 unspecified atom stereocenters. The van der Waals surface area contributed by atoms with E-state index >= 15 is 0 Å². The summed E-state index contributed by atoms with van der Waals surface area (Å²) in [5.41, 5.74) is -0.475. The van der Waals surface area contributed by atoms with Crippen LogP contribution in [0.5, 0.6) is 0 Å². The van der Waals surface area contributed by atoms with E-state index in [1.807, 2.05) is 0 Å². The molecule has 0 atom stereocenters. The highest BCUT2D eigenvalue weighted by atomic mass is 19.1. The second-order valence-corrected chi connectivity index (χ2v) is 4.95. The number of amides is 1. The average molecular weight is 277 g/mol. The summed E-state index contributed by atoms with van der Waals surface area (Å²) < 4.78 is 13.5. The van der Waals surface area contributed by atoms with Gasteiger partial charge in [0, 0.05) is 0 Å². The number of benzene rings is 1. The number of carbonyl (C=O) groups excluding carboxylic acids is 1. The number of aromatic nitrogens is 2. The van der Waals surface area contributed by atoms with Crippen LogP contribution in [-0.2, 0) is 4.79 Å². The first-order chi connectivity index (χ1) is 9.52. The van der Waals surface area contributed by atoms with Crippen molar-refractivity contribution < 1.29 is 19.1 Å². The predicted octanol–water partition coefficient (Wildman–Crippen LogP) is 1.44. The van der Waals surface area contributed by atoms with Crippen molar-refractivity contribution in [3.05, 3.63) is 29.8 Å². The largest absolute Gasteiger partial charge is 0.480 e. The summed E-state index contributed by atoms with van der Waals surface area (Å²) in [7, 11) is 0. The molecule has 7 heteroatoms. The number of fused-ring (bicyclic) bond motifs is 1. The number of carboxylic acid groups (broad SMARTS) is 1. The van der Waals surface area contributed by atoms with E-state index in [9.17, 15) is 19.1 Å². The summed E-state index contributed by atoms with van der Waals surface area (Å²) in [5, 5.41) is 11.7. The summed E-state index contributed by atoms with van der Waals surface area (Å²) in [4.78, 5) is 30.2. The normalized spacial score (nSPS) is 16.6. The molecule has 0 spiro atoms. The number of carboxylic acids is 1. The Morgan fingerprint density at radius 1 is 1.40 bits per heavy atom. The van der Waals surface area contributed by atoms with Gasteiger partial charge in [-0.25, -0.2) is 14.2 Å². The number of aliphatic carboxylic acids is 1. The van der Waals surface area contributed by atoms with E-state index in [1.54, 1.807) is 0 Å². The molecule has 0 radical (unpaired) electrons. The van der Waals surface area contributed by atoms with E-state index in [1.165, 1.54) is 12.4 Å². The maximum atomic E-state index is 13.5. The van der Waals surface area contributed by atoms with E-state index in [0.717, 1.165) is 12.5 Å². The van der Waals surface area contributed by atoms with Gasteiger partial charge in [-0.1, -0.05) is 0 Å². The molecule has 0 aliphatic heterocycles. The molecule has 20 heavy (non-hydrogen) atoms. The Kier molecular flexibility index (Phi) is 2.70. The number of H-pyrrole nitrogens is 1. The van der Waals surface area contributed by atoms with E-state index in [-0.39, 0.29) is 5.56 Å². The predicted molar refractivity (Wildman–Crippen MR) is 67.7 cm³/mol. The van der Waals surface area contributed by atoms with Gasteiger partial charge in [-0.2, -0.15) is 0 Å². The van der Waals surface area contributed by atoms with Crippen molar-refractivity contribution >= 4 is 22.9 Å². The van der Waals surface area contributed by atoms with Crippen LogP contribution in [0, 0.1) is 5.82 Å². The molecule has 1 aromatic carbocycles. The van der Waals surface area contributed by atoms with Crippen LogP contribution in [0.1, 0.15) is 29.6 Å². The Labute approximate surface area is 113 Å². The summed E-state index contributed by atoms with van der Waals surface area (Å²) in [5.74, 6) is -2.26. The number of nitrogens with one attached hydrogen (secondary N) is 2. The Morgan fingerprint density at radius 2 is 2.15 bits per heavy atom. The summed E-state index contributed by atoms with van der Waals surface area (Å²) in [6.07, 6.45) is 2.87. The SMILES string of the molecule is O=C(NC1(C(=O)O)CCC1)c1cc(F)cc2[nH]cnc12. The molecular weight excluding hydrogens is 265 g/mol. The molecule has 0 saturated heterocycles. The molecule has 1 aromatic heterocycles. The minimum atomic E-state index is -1.23. The molecule has 104 valence electrons. The van der Waals surface area contributed by atoms with Gasteiger partial charge in [-0.15, -0.1) is 0 Å². The van der Waals surface area contributed by atoms with Crippen LogP contribution in [0.15, 0.2) is 18.5 Å². The first-order valence-electron chi connectivity index (χ1n) is 6.20. The number of imidazole rings is 1. The van der Waals surface area contributed by atoms with Gasteiger partial charge in [0.25, 0.3) is 5.91 Å². The molecule has 1 amide bonds. The maximum Gasteiger partial charge on any atom is 0.329 e. The highest BCUT2D eigenvalue weighted by Gasteiger charge is 2.46.